The standard InChI is InChI=1S/C29H27NO4/c1-20(22-10-14-25(32-3)15-11-22)18-29(19-21(2)23-12-16-26(33-4)17-13-23)27(30-34-28(29)31)24-8-6-5-7-9-24/h5-17H,1-2,18-19H2,3-4H3. The molecule has 34 heavy (non-hydrogen) atoms. The van der Waals surface area contributed by atoms with E-state index in [1.165, 1.54) is 0 Å². The zero-order valence-electron chi connectivity index (χ0n) is 19.4. The van der Waals surface area contributed by atoms with Crippen molar-refractivity contribution >= 4 is 22.8 Å². The van der Waals surface area contributed by atoms with Crippen LogP contribution in [-0.4, -0.2) is 25.9 Å². The number of oxime groups is 1. The third-order valence-corrected chi connectivity index (χ3v) is 6.14. The van der Waals surface area contributed by atoms with Gasteiger partial charge in [-0.15, -0.1) is 0 Å². The maximum absolute atomic E-state index is 13.4. The summed E-state index contributed by atoms with van der Waals surface area (Å²) < 4.78 is 10.5. The topological polar surface area (TPSA) is 57.1 Å². The van der Waals surface area contributed by atoms with Gasteiger partial charge in [0, 0.05) is 5.56 Å². The highest BCUT2D eigenvalue weighted by atomic mass is 16.7. The lowest BCUT2D eigenvalue weighted by Gasteiger charge is -2.29. The Morgan fingerprint density at radius 1 is 0.794 bits per heavy atom. The summed E-state index contributed by atoms with van der Waals surface area (Å²) in [5, 5.41) is 4.23. The fourth-order valence-corrected chi connectivity index (χ4v) is 4.24. The Labute approximate surface area is 200 Å². The van der Waals surface area contributed by atoms with Crippen molar-refractivity contribution in [2.75, 3.05) is 14.2 Å². The largest absolute Gasteiger partial charge is 0.497 e. The molecule has 3 aromatic rings. The van der Waals surface area contributed by atoms with Crippen LogP contribution in [0.25, 0.3) is 11.1 Å². The molecule has 0 unspecified atom stereocenters. The van der Waals surface area contributed by atoms with Gasteiger partial charge in [-0.2, -0.15) is 0 Å². The van der Waals surface area contributed by atoms with Gasteiger partial charge >= 0.3 is 5.97 Å². The Kier molecular flexibility index (Phi) is 6.64. The second-order valence-corrected chi connectivity index (χ2v) is 8.28. The minimum atomic E-state index is -1.06. The Balaban J connectivity index is 1.72. The third-order valence-electron chi connectivity index (χ3n) is 6.14. The van der Waals surface area contributed by atoms with Gasteiger partial charge in [0.25, 0.3) is 0 Å². The number of carbonyl (C=O) groups excluding carboxylic acids is 1. The van der Waals surface area contributed by atoms with Crippen LogP contribution in [-0.2, 0) is 9.63 Å². The van der Waals surface area contributed by atoms with Crippen LogP contribution in [0.1, 0.15) is 29.5 Å². The molecule has 0 spiro atoms. The van der Waals surface area contributed by atoms with Gasteiger partial charge in [0.15, 0.2) is 0 Å². The SMILES string of the molecule is C=C(CC1(CC(=C)c2ccc(OC)cc2)C(=O)ON=C1c1ccccc1)c1ccc(OC)cc1. The summed E-state index contributed by atoms with van der Waals surface area (Å²) in [5.74, 6) is 1.10. The molecule has 0 fully saturated rings. The number of benzene rings is 3. The van der Waals surface area contributed by atoms with E-state index in [2.05, 4.69) is 18.3 Å². The Morgan fingerprint density at radius 3 is 1.71 bits per heavy atom. The van der Waals surface area contributed by atoms with E-state index < -0.39 is 11.4 Å². The maximum atomic E-state index is 13.4. The van der Waals surface area contributed by atoms with Crippen LogP contribution in [0.4, 0.5) is 0 Å². The van der Waals surface area contributed by atoms with E-state index in [0.717, 1.165) is 39.3 Å². The molecule has 4 rings (SSSR count). The van der Waals surface area contributed by atoms with Gasteiger partial charge in [-0.25, -0.2) is 4.79 Å². The second-order valence-electron chi connectivity index (χ2n) is 8.28. The predicted molar refractivity (Wildman–Crippen MR) is 135 cm³/mol. The average molecular weight is 454 g/mol. The molecule has 0 saturated carbocycles. The molecule has 0 N–H and O–H groups in total. The lowest BCUT2D eigenvalue weighted by molar-refractivity contribution is -0.147. The van der Waals surface area contributed by atoms with Crippen molar-refractivity contribution in [2.45, 2.75) is 12.8 Å². The summed E-state index contributed by atoms with van der Waals surface area (Å²) in [5.41, 5.74) is 3.79. The average Bonchev–Trinajstić information content (AvgIpc) is 3.19. The van der Waals surface area contributed by atoms with Gasteiger partial charge in [0.1, 0.15) is 22.6 Å². The van der Waals surface area contributed by atoms with E-state index in [4.69, 9.17) is 14.3 Å². The van der Waals surface area contributed by atoms with Gasteiger partial charge in [-0.05, 0) is 59.4 Å². The van der Waals surface area contributed by atoms with Gasteiger partial charge in [0.2, 0.25) is 0 Å². The van der Waals surface area contributed by atoms with Crippen molar-refractivity contribution in [1.29, 1.82) is 0 Å². The molecular weight excluding hydrogens is 426 g/mol. The summed E-state index contributed by atoms with van der Waals surface area (Å²) in [6, 6.07) is 24.9. The van der Waals surface area contributed by atoms with Crippen molar-refractivity contribution in [2.24, 2.45) is 10.6 Å². The number of nitrogens with zero attached hydrogens (tertiary/aromatic N) is 1. The van der Waals surface area contributed by atoms with E-state index in [9.17, 15) is 4.79 Å². The number of methoxy groups -OCH3 is 2. The van der Waals surface area contributed by atoms with Crippen LogP contribution in [0.15, 0.2) is 97.2 Å². The van der Waals surface area contributed by atoms with Crippen LogP contribution in [0.3, 0.4) is 0 Å². The van der Waals surface area contributed by atoms with Crippen LogP contribution in [0.5, 0.6) is 11.5 Å². The second kappa shape index (κ2) is 9.79. The highest BCUT2D eigenvalue weighted by Crippen LogP contribution is 2.45. The maximum Gasteiger partial charge on any atom is 0.347 e. The van der Waals surface area contributed by atoms with Crippen molar-refractivity contribution in [1.82, 2.24) is 0 Å². The fraction of sp³-hybridized carbons (Fsp3) is 0.172. The van der Waals surface area contributed by atoms with E-state index in [-0.39, 0.29) is 0 Å². The molecule has 0 bridgehead atoms. The molecule has 0 saturated heterocycles. The molecule has 172 valence electrons. The van der Waals surface area contributed by atoms with Gasteiger partial charge < -0.3 is 14.3 Å². The van der Waals surface area contributed by atoms with Gasteiger partial charge in [-0.3, -0.25) is 0 Å². The molecule has 0 aliphatic carbocycles. The number of carbonyl (C=O) groups is 1. The molecule has 0 aromatic heterocycles. The molecule has 1 aliphatic heterocycles. The van der Waals surface area contributed by atoms with E-state index in [1.54, 1.807) is 14.2 Å². The summed E-state index contributed by atoms with van der Waals surface area (Å²) in [7, 11) is 3.25. The van der Waals surface area contributed by atoms with Crippen molar-refractivity contribution < 1.29 is 19.1 Å². The summed E-state index contributed by atoms with van der Waals surface area (Å²) in [4.78, 5) is 18.7. The van der Waals surface area contributed by atoms with Crippen LogP contribution in [0, 0.1) is 5.41 Å². The highest BCUT2D eigenvalue weighted by molar-refractivity contribution is 6.19. The van der Waals surface area contributed by atoms with Crippen molar-refractivity contribution in [3.8, 4) is 11.5 Å². The minimum absolute atomic E-state index is 0.334. The Hall–Kier alpha value is -4.12. The molecule has 0 radical (unpaired) electrons. The molecular formula is C29H27NO4. The van der Waals surface area contributed by atoms with Crippen LogP contribution >= 0.6 is 0 Å². The van der Waals surface area contributed by atoms with E-state index >= 15 is 0 Å². The first kappa shape index (κ1) is 23.1. The summed E-state index contributed by atoms with van der Waals surface area (Å²) >= 11 is 0. The fourth-order valence-electron chi connectivity index (χ4n) is 4.24. The van der Waals surface area contributed by atoms with E-state index in [1.807, 2.05) is 78.9 Å². The molecule has 5 nitrogen and oxygen atoms in total. The molecule has 5 heteroatoms. The molecule has 1 aliphatic rings. The van der Waals surface area contributed by atoms with Crippen molar-refractivity contribution in [3.63, 3.8) is 0 Å². The quantitative estimate of drug-likeness (QED) is 0.364. The number of allylic oxidation sites excluding steroid dienone is 2. The number of hydrogen-bond acceptors (Lipinski definition) is 5. The lowest BCUT2D eigenvalue weighted by Crippen LogP contribution is -2.36. The van der Waals surface area contributed by atoms with Crippen LogP contribution < -0.4 is 9.47 Å². The molecule has 0 atom stereocenters. The Morgan fingerprint density at radius 2 is 1.26 bits per heavy atom. The van der Waals surface area contributed by atoms with E-state index in [0.29, 0.717) is 18.6 Å². The summed E-state index contributed by atoms with van der Waals surface area (Å²) in [6.45, 7) is 8.61. The highest BCUT2D eigenvalue weighted by Gasteiger charge is 2.51. The first-order valence-electron chi connectivity index (χ1n) is 11.0. The zero-order chi connectivity index (χ0) is 24.1. The molecule has 1 heterocycles. The third kappa shape index (κ3) is 4.50. The van der Waals surface area contributed by atoms with Crippen molar-refractivity contribution in [3.05, 3.63) is 109 Å². The number of ether oxygens (including phenoxy) is 2. The normalized spacial score (nSPS) is 14.2. The predicted octanol–water partition coefficient (Wildman–Crippen LogP) is 6.16. The van der Waals surface area contributed by atoms with Gasteiger partial charge in [0.05, 0.1) is 14.2 Å². The minimum Gasteiger partial charge on any atom is -0.497 e. The molecule has 0 amide bonds. The lowest BCUT2D eigenvalue weighted by atomic mass is 9.70. The number of rotatable bonds is 9. The van der Waals surface area contributed by atoms with Gasteiger partial charge in [-0.1, -0.05) is 72.9 Å². The number of hydrogen-bond donors (Lipinski definition) is 0. The first-order valence-corrected chi connectivity index (χ1v) is 11.0. The Bertz CT molecular complexity index is 1160. The monoisotopic (exact) mass is 453 g/mol. The smallest absolute Gasteiger partial charge is 0.347 e. The van der Waals surface area contributed by atoms with Crippen LogP contribution in [0.2, 0.25) is 0 Å². The first-order chi connectivity index (χ1) is 16.5. The zero-order valence-corrected chi connectivity index (χ0v) is 19.4. The summed E-state index contributed by atoms with van der Waals surface area (Å²) in [6.07, 6.45) is 0.669. The molecule has 3 aromatic carbocycles.